The number of hydrogen-bond donors (Lipinski definition) is 0. The lowest BCUT2D eigenvalue weighted by Gasteiger charge is -2.07. The van der Waals surface area contributed by atoms with Gasteiger partial charge in [0.25, 0.3) is 0 Å². The van der Waals surface area contributed by atoms with Crippen LogP contribution in [0, 0.1) is 5.82 Å². The van der Waals surface area contributed by atoms with Crippen LogP contribution >= 0.6 is 36.3 Å². The van der Waals surface area contributed by atoms with Gasteiger partial charge in [0.05, 0.1) is 5.33 Å². The highest BCUT2D eigenvalue weighted by Gasteiger charge is 2.10. The lowest BCUT2D eigenvalue weighted by Crippen LogP contribution is -2.03. The summed E-state index contributed by atoms with van der Waals surface area (Å²) in [6.45, 7) is 0. The molecule has 0 fully saturated rings. The van der Waals surface area contributed by atoms with Crippen LogP contribution in [-0.4, -0.2) is 0 Å². The minimum absolute atomic E-state index is 0.165. The normalized spacial score (nSPS) is 10.8. The van der Waals surface area contributed by atoms with Crippen molar-refractivity contribution in [3.63, 3.8) is 0 Å². The van der Waals surface area contributed by atoms with E-state index in [1.165, 1.54) is 11.6 Å². The molecule has 0 saturated heterocycles. The van der Waals surface area contributed by atoms with Crippen molar-refractivity contribution >= 4 is 41.6 Å². The third kappa shape index (κ3) is 3.61. The zero-order valence-electron chi connectivity index (χ0n) is 8.91. The van der Waals surface area contributed by atoms with Gasteiger partial charge >= 0.3 is 0 Å². The van der Waals surface area contributed by atoms with E-state index >= 15 is 0 Å². The summed E-state index contributed by atoms with van der Waals surface area (Å²) < 4.78 is 13.5. The monoisotopic (exact) mass is 374 g/mol. The third-order valence-corrected chi connectivity index (χ3v) is 5.44. The SMILES string of the molecule is Fc1ccc(Cc2ccccc2)cc1P(Br)Br. The van der Waals surface area contributed by atoms with Crippen LogP contribution in [-0.2, 0) is 6.42 Å². The first-order chi connectivity index (χ1) is 8.16. The quantitative estimate of drug-likeness (QED) is 0.651. The van der Waals surface area contributed by atoms with Gasteiger partial charge in [0.15, 0.2) is 0 Å². The lowest BCUT2D eigenvalue weighted by molar-refractivity contribution is 0.636. The van der Waals surface area contributed by atoms with Crippen molar-refractivity contribution in [1.82, 2.24) is 0 Å². The summed E-state index contributed by atoms with van der Waals surface area (Å²) in [7, 11) is 0. The Hall–Kier alpha value is -0.240. The average Bonchev–Trinajstić information content (AvgIpc) is 2.32. The van der Waals surface area contributed by atoms with Gasteiger partial charge in [0.2, 0.25) is 0 Å². The molecule has 0 atom stereocenters. The van der Waals surface area contributed by atoms with Crippen molar-refractivity contribution in [3.05, 3.63) is 65.5 Å². The smallest absolute Gasteiger partial charge is 0.132 e. The molecule has 0 aliphatic heterocycles. The first kappa shape index (κ1) is 13.2. The van der Waals surface area contributed by atoms with Crippen molar-refractivity contribution in [2.45, 2.75) is 6.42 Å². The molecule has 88 valence electrons. The molecule has 0 amide bonds. The fourth-order valence-electron chi connectivity index (χ4n) is 1.63. The Bertz CT molecular complexity index is 500. The van der Waals surface area contributed by atoms with E-state index in [1.54, 1.807) is 0 Å². The summed E-state index contributed by atoms with van der Waals surface area (Å²) in [5, 5.41) is -0.0550. The number of benzene rings is 2. The van der Waals surface area contributed by atoms with Crippen LogP contribution in [0.1, 0.15) is 11.1 Å². The third-order valence-electron chi connectivity index (χ3n) is 2.44. The van der Waals surface area contributed by atoms with E-state index in [2.05, 4.69) is 43.1 Å². The molecule has 0 saturated carbocycles. The Morgan fingerprint density at radius 1 is 0.941 bits per heavy atom. The second-order valence-electron chi connectivity index (χ2n) is 3.68. The maximum absolute atomic E-state index is 13.5. The molecule has 0 N–H and O–H groups in total. The molecule has 0 nitrogen and oxygen atoms in total. The van der Waals surface area contributed by atoms with Gasteiger partial charge in [-0.15, -0.1) is 0 Å². The van der Waals surface area contributed by atoms with Crippen molar-refractivity contribution in [3.8, 4) is 0 Å². The number of rotatable bonds is 3. The molecule has 17 heavy (non-hydrogen) atoms. The Morgan fingerprint density at radius 2 is 1.65 bits per heavy atom. The van der Waals surface area contributed by atoms with Crippen molar-refractivity contribution < 1.29 is 4.39 Å². The molecule has 0 radical (unpaired) electrons. The first-order valence-electron chi connectivity index (χ1n) is 5.11. The van der Waals surface area contributed by atoms with E-state index in [4.69, 9.17) is 0 Å². The summed E-state index contributed by atoms with van der Waals surface area (Å²) in [6, 6.07) is 15.5. The minimum Gasteiger partial charge on any atom is -0.206 e. The Balaban J connectivity index is 2.26. The molecule has 2 rings (SSSR count). The zero-order chi connectivity index (χ0) is 12.3. The second-order valence-corrected chi connectivity index (χ2v) is 11.7. The van der Waals surface area contributed by atoms with E-state index in [0.29, 0.717) is 5.30 Å². The van der Waals surface area contributed by atoms with Crippen molar-refractivity contribution in [2.24, 2.45) is 0 Å². The standard InChI is InChI=1S/C13H10Br2FP/c14-17(15)13-9-11(6-7-12(13)16)8-10-4-2-1-3-5-10/h1-7,9H,8H2. The predicted octanol–water partition coefficient (Wildman–Crippen LogP) is 5.14. The van der Waals surface area contributed by atoms with E-state index in [9.17, 15) is 4.39 Å². The highest BCUT2D eigenvalue weighted by atomic mass is 79.9. The van der Waals surface area contributed by atoms with Gasteiger partial charge < -0.3 is 0 Å². The molecular weight excluding hydrogens is 366 g/mol. The van der Waals surface area contributed by atoms with E-state index in [-0.39, 0.29) is 5.82 Å². The average molecular weight is 376 g/mol. The Kier molecular flexibility index (Phi) is 4.72. The van der Waals surface area contributed by atoms with Gasteiger partial charge in [-0.05, 0) is 60.7 Å². The topological polar surface area (TPSA) is 0 Å². The molecule has 0 aliphatic carbocycles. The molecule has 0 unspecified atom stereocenters. The highest BCUT2D eigenvalue weighted by molar-refractivity contribution is 9.70. The fourth-order valence-corrected chi connectivity index (χ4v) is 3.76. The fraction of sp³-hybridized carbons (Fsp3) is 0.0769. The van der Waals surface area contributed by atoms with Crippen LogP contribution in [0.2, 0.25) is 0 Å². The van der Waals surface area contributed by atoms with Gasteiger partial charge in [-0.2, -0.15) is 0 Å². The number of halogens is 3. The summed E-state index contributed by atoms with van der Waals surface area (Å²) in [4.78, 5) is 0. The maximum atomic E-state index is 13.5. The van der Waals surface area contributed by atoms with Gasteiger partial charge in [-0.1, -0.05) is 36.4 Å². The Morgan fingerprint density at radius 3 is 2.29 bits per heavy atom. The minimum atomic E-state index is -0.757. The van der Waals surface area contributed by atoms with E-state index < -0.39 is 5.33 Å². The Labute approximate surface area is 117 Å². The van der Waals surface area contributed by atoms with Gasteiger partial charge in [0, 0.05) is 5.30 Å². The number of hydrogen-bond acceptors (Lipinski definition) is 0. The molecule has 0 spiro atoms. The van der Waals surface area contributed by atoms with E-state index in [0.717, 1.165) is 12.0 Å². The second kappa shape index (κ2) is 6.08. The predicted molar refractivity (Wildman–Crippen MR) is 80.1 cm³/mol. The molecule has 0 bridgehead atoms. The van der Waals surface area contributed by atoms with Crippen LogP contribution in [0.25, 0.3) is 0 Å². The van der Waals surface area contributed by atoms with Crippen LogP contribution in [0.4, 0.5) is 4.39 Å². The van der Waals surface area contributed by atoms with Crippen LogP contribution in [0.15, 0.2) is 48.5 Å². The molecule has 0 aliphatic rings. The van der Waals surface area contributed by atoms with Crippen LogP contribution in [0.3, 0.4) is 0 Å². The largest absolute Gasteiger partial charge is 0.206 e. The van der Waals surface area contributed by atoms with Crippen LogP contribution in [0.5, 0.6) is 0 Å². The van der Waals surface area contributed by atoms with Crippen molar-refractivity contribution in [2.75, 3.05) is 0 Å². The summed E-state index contributed by atoms with van der Waals surface area (Å²) in [5.74, 6) is -0.165. The maximum Gasteiger partial charge on any atom is 0.132 e. The molecule has 2 aromatic rings. The van der Waals surface area contributed by atoms with Gasteiger partial charge in [0.1, 0.15) is 5.82 Å². The zero-order valence-corrected chi connectivity index (χ0v) is 13.0. The lowest BCUT2D eigenvalue weighted by atomic mass is 10.1. The molecule has 2 aromatic carbocycles. The summed E-state index contributed by atoms with van der Waals surface area (Å²) in [5.41, 5.74) is 2.36. The summed E-state index contributed by atoms with van der Waals surface area (Å²) >= 11 is 6.79. The van der Waals surface area contributed by atoms with Crippen LogP contribution < -0.4 is 5.30 Å². The van der Waals surface area contributed by atoms with Gasteiger partial charge in [-0.3, -0.25) is 0 Å². The molecule has 4 heteroatoms. The van der Waals surface area contributed by atoms with Crippen molar-refractivity contribution in [1.29, 1.82) is 0 Å². The molecular formula is C13H10Br2FP. The summed E-state index contributed by atoms with van der Waals surface area (Å²) in [6.07, 6.45) is 0.831. The molecule has 0 aromatic heterocycles. The molecule has 0 heterocycles. The highest BCUT2D eigenvalue weighted by Crippen LogP contribution is 2.51. The van der Waals surface area contributed by atoms with E-state index in [1.807, 2.05) is 30.3 Å². The first-order valence-corrected chi connectivity index (χ1v) is 10.5. The van der Waals surface area contributed by atoms with Gasteiger partial charge in [-0.25, -0.2) is 4.39 Å².